The Hall–Kier alpha value is -0.770. The fourth-order valence-electron chi connectivity index (χ4n) is 2.12. The van der Waals surface area contributed by atoms with E-state index in [9.17, 15) is 20.1 Å². The van der Waals surface area contributed by atoms with Crippen LogP contribution < -0.4 is 0 Å². The van der Waals surface area contributed by atoms with E-state index >= 15 is 0 Å². The van der Waals surface area contributed by atoms with E-state index in [1.54, 1.807) is 6.92 Å². The van der Waals surface area contributed by atoms with E-state index in [-0.39, 0.29) is 6.42 Å². The lowest BCUT2D eigenvalue weighted by atomic mass is 9.84. The molecule has 0 amide bonds. The van der Waals surface area contributed by atoms with Crippen LogP contribution >= 0.6 is 0 Å². The van der Waals surface area contributed by atoms with Gasteiger partial charge in [0.2, 0.25) is 0 Å². The van der Waals surface area contributed by atoms with Gasteiger partial charge in [0.15, 0.2) is 0 Å². The molecule has 19 heavy (non-hydrogen) atoms. The number of hydrogen-bond donors (Lipinski definition) is 5. The van der Waals surface area contributed by atoms with Crippen molar-refractivity contribution < 1.29 is 39.8 Å². The fourth-order valence-corrected chi connectivity index (χ4v) is 2.12. The highest BCUT2D eigenvalue weighted by atomic mass is 16.7. The summed E-state index contributed by atoms with van der Waals surface area (Å²) in [7, 11) is 1.11. The van der Waals surface area contributed by atoms with E-state index in [0.717, 1.165) is 7.11 Å². The molecule has 2 unspecified atom stereocenters. The topological polar surface area (TPSA) is 137 Å². The van der Waals surface area contributed by atoms with Crippen LogP contribution in [0, 0.1) is 5.92 Å². The van der Waals surface area contributed by atoms with Gasteiger partial charge in [-0.15, -0.1) is 0 Å². The predicted molar refractivity (Wildman–Crippen MR) is 61.1 cm³/mol. The maximum atomic E-state index is 11.2. The first-order valence-corrected chi connectivity index (χ1v) is 5.90. The molecule has 1 heterocycles. The van der Waals surface area contributed by atoms with Crippen LogP contribution in [0.3, 0.4) is 0 Å². The second-order valence-corrected chi connectivity index (χ2v) is 4.72. The maximum absolute atomic E-state index is 11.2. The van der Waals surface area contributed by atoms with E-state index in [2.05, 4.69) is 0 Å². The quantitative estimate of drug-likeness (QED) is 0.387. The van der Waals surface area contributed by atoms with Gasteiger partial charge in [-0.3, -0.25) is 0 Å². The average Bonchev–Trinajstić information content (AvgIpc) is 2.39. The summed E-state index contributed by atoms with van der Waals surface area (Å²) >= 11 is 0. The third-order valence-corrected chi connectivity index (χ3v) is 3.50. The average molecular weight is 280 g/mol. The van der Waals surface area contributed by atoms with Gasteiger partial charge in [0.25, 0.3) is 5.79 Å². The van der Waals surface area contributed by atoms with E-state index in [4.69, 9.17) is 19.7 Å². The first kappa shape index (κ1) is 16.3. The van der Waals surface area contributed by atoms with E-state index in [0.29, 0.717) is 0 Å². The van der Waals surface area contributed by atoms with Gasteiger partial charge in [-0.2, -0.15) is 0 Å². The van der Waals surface area contributed by atoms with E-state index in [1.807, 2.05) is 0 Å². The van der Waals surface area contributed by atoms with Crippen molar-refractivity contribution in [3.05, 3.63) is 0 Å². The molecule has 1 rings (SSSR count). The summed E-state index contributed by atoms with van der Waals surface area (Å²) in [5.41, 5.74) is 0. The van der Waals surface area contributed by atoms with Crippen molar-refractivity contribution in [1.82, 2.24) is 0 Å². The molecule has 112 valence electrons. The van der Waals surface area contributed by atoms with Crippen LogP contribution in [-0.2, 0) is 14.3 Å². The number of ether oxygens (including phenoxy) is 2. The summed E-state index contributed by atoms with van der Waals surface area (Å²) in [5.74, 6) is -4.14. The molecule has 1 aliphatic rings. The zero-order valence-corrected chi connectivity index (χ0v) is 10.8. The molecule has 5 N–H and O–H groups in total. The van der Waals surface area contributed by atoms with Crippen molar-refractivity contribution in [1.29, 1.82) is 0 Å². The molecule has 0 spiro atoms. The van der Waals surface area contributed by atoms with Crippen molar-refractivity contribution in [2.24, 2.45) is 5.92 Å². The molecule has 0 aromatic heterocycles. The SMILES string of the molecule is CO[C@]1(C(=O)O)CC(O)[C@@H](C)C([C@H](O)[C@H](O)CO)O1. The van der Waals surface area contributed by atoms with E-state index in [1.165, 1.54) is 0 Å². The first-order chi connectivity index (χ1) is 8.79. The molecule has 6 atom stereocenters. The van der Waals surface area contributed by atoms with Crippen molar-refractivity contribution in [2.45, 2.75) is 43.5 Å². The van der Waals surface area contributed by atoms with E-state index < -0.39 is 48.7 Å². The van der Waals surface area contributed by atoms with Gasteiger partial charge >= 0.3 is 5.97 Å². The molecule has 1 fully saturated rings. The monoisotopic (exact) mass is 280 g/mol. The van der Waals surface area contributed by atoms with Gasteiger partial charge in [0.1, 0.15) is 12.2 Å². The van der Waals surface area contributed by atoms with Crippen LogP contribution in [0.25, 0.3) is 0 Å². The Kier molecular flexibility index (Phi) is 5.25. The molecule has 8 heteroatoms. The molecule has 1 aliphatic heterocycles. The minimum atomic E-state index is -2.08. The van der Waals surface area contributed by atoms with Crippen LogP contribution in [0.4, 0.5) is 0 Å². The predicted octanol–water partition coefficient (Wildman–Crippen LogP) is -2.09. The number of rotatable bonds is 5. The summed E-state index contributed by atoms with van der Waals surface area (Å²) < 4.78 is 10.1. The lowest BCUT2D eigenvalue weighted by Gasteiger charge is -2.44. The highest BCUT2D eigenvalue weighted by molar-refractivity contribution is 5.76. The van der Waals surface area contributed by atoms with Gasteiger partial charge in [0, 0.05) is 19.4 Å². The minimum absolute atomic E-state index is 0.293. The standard InChI is InChI=1S/C11H20O8/c1-5-6(13)3-11(18-2,10(16)17)19-9(5)8(15)7(14)4-12/h5-9,12-15H,3-4H2,1-2H3,(H,16,17)/t5-,6?,7-,8-,9?,11-/m1/s1. The summed E-state index contributed by atoms with van der Waals surface area (Å²) in [6, 6.07) is 0. The number of hydrogen-bond acceptors (Lipinski definition) is 7. The summed E-state index contributed by atoms with van der Waals surface area (Å²) in [6.07, 6.45) is -5.60. The van der Waals surface area contributed by atoms with Gasteiger partial charge < -0.3 is 35.0 Å². The molecule has 0 aliphatic carbocycles. The summed E-state index contributed by atoms with van der Waals surface area (Å²) in [4.78, 5) is 11.2. The highest BCUT2D eigenvalue weighted by Crippen LogP contribution is 2.35. The van der Waals surface area contributed by atoms with Crippen molar-refractivity contribution in [3.8, 4) is 0 Å². The Bertz CT molecular complexity index is 322. The number of aliphatic carboxylic acids is 1. The third-order valence-electron chi connectivity index (χ3n) is 3.50. The molecule has 8 nitrogen and oxygen atoms in total. The maximum Gasteiger partial charge on any atom is 0.364 e. The number of carbonyl (C=O) groups is 1. The van der Waals surface area contributed by atoms with Gasteiger partial charge in [-0.05, 0) is 0 Å². The first-order valence-electron chi connectivity index (χ1n) is 5.90. The van der Waals surface area contributed by atoms with Crippen LogP contribution in [0.2, 0.25) is 0 Å². The molecular weight excluding hydrogens is 260 g/mol. The summed E-state index contributed by atoms with van der Waals surface area (Å²) in [5, 5.41) is 47.1. The third kappa shape index (κ3) is 3.04. The molecule has 0 aromatic rings. The van der Waals surface area contributed by atoms with Crippen molar-refractivity contribution in [3.63, 3.8) is 0 Å². The van der Waals surface area contributed by atoms with Crippen molar-refractivity contribution in [2.75, 3.05) is 13.7 Å². The second-order valence-electron chi connectivity index (χ2n) is 4.72. The molecule has 0 saturated carbocycles. The van der Waals surface area contributed by atoms with Gasteiger partial charge in [-0.1, -0.05) is 6.92 Å². The zero-order chi connectivity index (χ0) is 14.8. The minimum Gasteiger partial charge on any atom is -0.477 e. The Morgan fingerprint density at radius 2 is 2.11 bits per heavy atom. The second kappa shape index (κ2) is 6.12. The molecular formula is C11H20O8. The number of carboxylic acid groups (broad SMARTS) is 1. The van der Waals surface area contributed by atoms with Gasteiger partial charge in [0.05, 0.1) is 18.8 Å². The number of methoxy groups -OCH3 is 1. The normalized spacial score (nSPS) is 38.7. The lowest BCUT2D eigenvalue weighted by molar-refractivity contribution is -0.310. The Morgan fingerprint density at radius 1 is 1.53 bits per heavy atom. The fraction of sp³-hybridized carbons (Fsp3) is 0.909. The Balaban J connectivity index is 2.99. The van der Waals surface area contributed by atoms with Gasteiger partial charge in [-0.25, -0.2) is 4.79 Å². The number of aliphatic hydroxyl groups is 4. The van der Waals surface area contributed by atoms with Crippen LogP contribution in [0.5, 0.6) is 0 Å². The number of carboxylic acids is 1. The van der Waals surface area contributed by atoms with Crippen LogP contribution in [-0.4, -0.2) is 75.4 Å². The van der Waals surface area contributed by atoms with Crippen LogP contribution in [0.15, 0.2) is 0 Å². The molecule has 0 aromatic carbocycles. The van der Waals surface area contributed by atoms with Crippen molar-refractivity contribution >= 4 is 5.97 Å². The lowest BCUT2D eigenvalue weighted by Crippen LogP contribution is -2.60. The zero-order valence-electron chi connectivity index (χ0n) is 10.8. The molecule has 1 saturated heterocycles. The van der Waals surface area contributed by atoms with Crippen LogP contribution in [0.1, 0.15) is 13.3 Å². The molecule has 0 bridgehead atoms. The summed E-state index contributed by atoms with van der Waals surface area (Å²) in [6.45, 7) is 0.834. The molecule has 0 radical (unpaired) electrons. The Labute approximate surface area is 110 Å². The largest absolute Gasteiger partial charge is 0.477 e. The number of aliphatic hydroxyl groups excluding tert-OH is 4. The highest BCUT2D eigenvalue weighted by Gasteiger charge is 2.53. The Morgan fingerprint density at radius 3 is 2.53 bits per heavy atom. The smallest absolute Gasteiger partial charge is 0.364 e.